The van der Waals surface area contributed by atoms with E-state index in [1.165, 1.54) is 6.07 Å². The van der Waals surface area contributed by atoms with Crippen LogP contribution in [0.5, 0.6) is 0 Å². The average molecular weight is 328 g/mol. The summed E-state index contributed by atoms with van der Waals surface area (Å²) in [6.45, 7) is 2.08. The Hall–Kier alpha value is -1.05. The maximum Gasteiger partial charge on any atom is 0.417 e. The first-order valence-corrected chi connectivity index (χ1v) is 6.30. The molecule has 8 heteroatoms. The third-order valence-corrected chi connectivity index (χ3v) is 3.05. The molecule has 0 aliphatic carbocycles. The number of hydrogen-bond acceptors (Lipinski definition) is 4. The van der Waals surface area contributed by atoms with Gasteiger partial charge in [0.2, 0.25) is 0 Å². The summed E-state index contributed by atoms with van der Waals surface area (Å²) in [5, 5.41) is 5.72. The smallest absolute Gasteiger partial charge is 0.373 e. The molecule has 2 rings (SSSR count). The van der Waals surface area contributed by atoms with Gasteiger partial charge in [0.1, 0.15) is 5.82 Å². The van der Waals surface area contributed by atoms with E-state index >= 15 is 0 Å². The molecular formula is C13H19ClF3N3O. The van der Waals surface area contributed by atoms with Gasteiger partial charge in [-0.15, -0.1) is 12.4 Å². The average Bonchev–Trinajstić information content (AvgIpc) is 2.41. The van der Waals surface area contributed by atoms with Crippen LogP contribution in [-0.2, 0) is 10.9 Å². The molecule has 0 aromatic carbocycles. The molecule has 2 heterocycles. The number of aromatic nitrogens is 1. The summed E-state index contributed by atoms with van der Waals surface area (Å²) in [7, 11) is 0. The van der Waals surface area contributed by atoms with Gasteiger partial charge in [0.25, 0.3) is 0 Å². The maximum atomic E-state index is 12.4. The summed E-state index contributed by atoms with van der Waals surface area (Å²) in [6, 6.07) is 1.87. The van der Waals surface area contributed by atoms with Crippen molar-refractivity contribution in [3.05, 3.63) is 23.9 Å². The molecule has 1 aromatic heterocycles. The highest BCUT2D eigenvalue weighted by Crippen LogP contribution is 2.28. The summed E-state index contributed by atoms with van der Waals surface area (Å²) in [6.07, 6.45) is -4.47. The molecule has 1 aliphatic rings. The SMILES string of the molecule is Cl.[2H]C1([2H])N[C@H](CNc2ccc(C(F)(F)F)cn2)[C@H](C)O[C@@H]1C. The number of nitrogens with zero attached hydrogens (tertiary/aromatic N) is 1. The molecule has 120 valence electrons. The fourth-order valence-electron chi connectivity index (χ4n) is 1.89. The number of anilines is 1. The Balaban J connectivity index is 0.00000264. The summed E-state index contributed by atoms with van der Waals surface area (Å²) >= 11 is 0. The Bertz CT molecular complexity index is 516. The largest absolute Gasteiger partial charge is 0.417 e. The molecular weight excluding hydrogens is 307 g/mol. The van der Waals surface area contributed by atoms with E-state index in [1.807, 2.05) is 6.92 Å². The third-order valence-electron chi connectivity index (χ3n) is 3.05. The van der Waals surface area contributed by atoms with Crippen LogP contribution in [-0.4, -0.2) is 36.3 Å². The van der Waals surface area contributed by atoms with Crippen molar-refractivity contribution in [3.63, 3.8) is 0 Å². The van der Waals surface area contributed by atoms with Gasteiger partial charge in [-0.1, -0.05) is 0 Å². The van der Waals surface area contributed by atoms with Crippen LogP contribution in [0.15, 0.2) is 18.3 Å². The van der Waals surface area contributed by atoms with Crippen molar-refractivity contribution in [2.24, 2.45) is 0 Å². The maximum absolute atomic E-state index is 12.4. The Labute approximate surface area is 130 Å². The van der Waals surface area contributed by atoms with Gasteiger partial charge < -0.3 is 15.4 Å². The van der Waals surface area contributed by atoms with E-state index in [0.29, 0.717) is 5.82 Å². The summed E-state index contributed by atoms with van der Waals surface area (Å²) in [5.74, 6) is 0.293. The zero-order valence-electron chi connectivity index (χ0n) is 13.6. The zero-order chi connectivity index (χ0) is 16.5. The molecule has 0 bridgehead atoms. The van der Waals surface area contributed by atoms with Gasteiger partial charge >= 0.3 is 6.18 Å². The first-order valence-electron chi connectivity index (χ1n) is 7.30. The van der Waals surface area contributed by atoms with E-state index < -0.39 is 24.3 Å². The second kappa shape index (κ2) is 7.29. The molecule has 3 atom stereocenters. The van der Waals surface area contributed by atoms with E-state index in [-0.39, 0.29) is 31.1 Å². The lowest BCUT2D eigenvalue weighted by Gasteiger charge is -2.34. The molecule has 4 nitrogen and oxygen atoms in total. The summed E-state index contributed by atoms with van der Waals surface area (Å²) in [4.78, 5) is 3.71. The van der Waals surface area contributed by atoms with Crippen molar-refractivity contribution in [1.29, 1.82) is 0 Å². The second-order valence-corrected chi connectivity index (χ2v) is 4.69. The van der Waals surface area contributed by atoms with Gasteiger partial charge in [-0.2, -0.15) is 13.2 Å². The second-order valence-electron chi connectivity index (χ2n) is 4.69. The lowest BCUT2D eigenvalue weighted by atomic mass is 10.1. The molecule has 1 fully saturated rings. The number of nitrogens with one attached hydrogen (secondary N) is 2. The quantitative estimate of drug-likeness (QED) is 0.896. The van der Waals surface area contributed by atoms with Crippen molar-refractivity contribution in [1.82, 2.24) is 10.3 Å². The summed E-state index contributed by atoms with van der Waals surface area (Å²) < 4.78 is 58.4. The van der Waals surface area contributed by atoms with Crippen LogP contribution in [0, 0.1) is 0 Å². The Morgan fingerprint density at radius 1 is 1.48 bits per heavy atom. The lowest BCUT2D eigenvalue weighted by Crippen LogP contribution is -2.53. The minimum atomic E-state index is -4.41. The Morgan fingerprint density at radius 3 is 2.76 bits per heavy atom. The van der Waals surface area contributed by atoms with E-state index in [1.54, 1.807) is 6.92 Å². The first kappa shape index (κ1) is 14.9. The fraction of sp³-hybridized carbons (Fsp3) is 0.615. The minimum absolute atomic E-state index is 0. The van der Waals surface area contributed by atoms with E-state index in [9.17, 15) is 13.2 Å². The predicted octanol–water partition coefficient (Wildman–Crippen LogP) is 2.70. The number of alkyl halides is 3. The first-order chi connectivity index (χ1) is 10.1. The van der Waals surface area contributed by atoms with Crippen LogP contribution < -0.4 is 10.6 Å². The van der Waals surface area contributed by atoms with E-state index in [4.69, 9.17) is 7.48 Å². The third kappa shape index (κ3) is 5.01. The van der Waals surface area contributed by atoms with Crippen LogP contribution in [0.3, 0.4) is 0 Å². The highest BCUT2D eigenvalue weighted by molar-refractivity contribution is 5.85. The van der Waals surface area contributed by atoms with Gasteiger partial charge in [-0.3, -0.25) is 0 Å². The number of pyridine rings is 1. The van der Waals surface area contributed by atoms with Crippen LogP contribution in [0.1, 0.15) is 22.2 Å². The van der Waals surface area contributed by atoms with Gasteiger partial charge in [0.05, 0.1) is 23.8 Å². The number of ether oxygens (including phenoxy) is 1. The van der Waals surface area contributed by atoms with Crippen molar-refractivity contribution in [2.75, 3.05) is 18.4 Å². The predicted molar refractivity (Wildman–Crippen MR) is 76.8 cm³/mol. The van der Waals surface area contributed by atoms with Gasteiger partial charge in [-0.05, 0) is 26.0 Å². The molecule has 0 amide bonds. The van der Waals surface area contributed by atoms with E-state index in [2.05, 4.69) is 15.6 Å². The van der Waals surface area contributed by atoms with Crippen LogP contribution in [0.4, 0.5) is 19.0 Å². The number of morpholine rings is 1. The highest BCUT2D eigenvalue weighted by Gasteiger charge is 2.30. The molecule has 0 radical (unpaired) electrons. The highest BCUT2D eigenvalue weighted by atomic mass is 35.5. The van der Waals surface area contributed by atoms with Crippen molar-refractivity contribution >= 4 is 18.2 Å². The van der Waals surface area contributed by atoms with Gasteiger partial charge in [-0.25, -0.2) is 4.98 Å². The van der Waals surface area contributed by atoms with Gasteiger partial charge in [0.15, 0.2) is 0 Å². The summed E-state index contributed by atoms with van der Waals surface area (Å²) in [5.41, 5.74) is -0.810. The Morgan fingerprint density at radius 2 is 2.19 bits per heavy atom. The standard InChI is InChI=1S/C13H18F3N3O.ClH/c1-8-5-17-11(9(2)20-8)7-19-12-4-3-10(6-18-12)13(14,15)16;/h3-4,6,8-9,11,17H,5,7H2,1-2H3,(H,18,19);1H/t8-,9+,11-;/m1./s1/i5D2;. The van der Waals surface area contributed by atoms with E-state index in [0.717, 1.165) is 12.3 Å². The van der Waals surface area contributed by atoms with Crippen LogP contribution >= 0.6 is 12.4 Å². The zero-order valence-corrected chi connectivity index (χ0v) is 12.4. The normalized spacial score (nSPS) is 29.9. The Kier molecular flexibility index (Phi) is 5.16. The molecule has 0 spiro atoms. The monoisotopic (exact) mass is 327 g/mol. The molecule has 1 saturated heterocycles. The fourth-order valence-corrected chi connectivity index (χ4v) is 1.89. The topological polar surface area (TPSA) is 46.2 Å². The van der Waals surface area contributed by atoms with Crippen molar-refractivity contribution < 1.29 is 20.6 Å². The molecule has 0 saturated carbocycles. The van der Waals surface area contributed by atoms with Crippen molar-refractivity contribution in [3.8, 4) is 0 Å². The molecule has 1 aromatic rings. The molecule has 1 aliphatic heterocycles. The van der Waals surface area contributed by atoms with Gasteiger partial charge in [0, 0.05) is 22.0 Å². The molecule has 0 unspecified atom stereocenters. The van der Waals surface area contributed by atoms with Crippen LogP contribution in [0.2, 0.25) is 0 Å². The number of rotatable bonds is 3. The van der Waals surface area contributed by atoms with Crippen molar-refractivity contribution in [2.45, 2.75) is 38.3 Å². The lowest BCUT2D eigenvalue weighted by molar-refractivity contribution is -0.137. The number of halogens is 4. The molecule has 2 N–H and O–H groups in total. The van der Waals surface area contributed by atoms with Crippen LogP contribution in [0.25, 0.3) is 0 Å². The minimum Gasteiger partial charge on any atom is -0.373 e. The molecule has 21 heavy (non-hydrogen) atoms. The number of hydrogen-bond donors (Lipinski definition) is 2.